The van der Waals surface area contributed by atoms with Crippen molar-refractivity contribution in [2.45, 2.75) is 37.6 Å². The number of hydrogen-bond acceptors (Lipinski definition) is 6. The van der Waals surface area contributed by atoms with E-state index in [2.05, 4.69) is 11.6 Å². The number of aryl methyl sites for hydroxylation is 2. The van der Waals surface area contributed by atoms with Crippen LogP contribution in [0.4, 0.5) is 4.79 Å². The van der Waals surface area contributed by atoms with E-state index in [9.17, 15) is 14.4 Å². The van der Waals surface area contributed by atoms with E-state index in [4.69, 9.17) is 10.5 Å². The summed E-state index contributed by atoms with van der Waals surface area (Å²) in [5.41, 5.74) is 6.17. The van der Waals surface area contributed by atoms with Crippen LogP contribution in [-0.2, 0) is 11.3 Å². The van der Waals surface area contributed by atoms with Crippen LogP contribution in [0.1, 0.15) is 39.5 Å². The summed E-state index contributed by atoms with van der Waals surface area (Å²) in [5.74, 6) is 0.103. The molecule has 0 aliphatic carbocycles. The number of hydrogen-bond donors (Lipinski definition) is 1. The second kappa shape index (κ2) is 10.3. The van der Waals surface area contributed by atoms with E-state index in [1.54, 1.807) is 30.2 Å². The summed E-state index contributed by atoms with van der Waals surface area (Å²) < 4.78 is 7.10. The smallest absolute Gasteiger partial charge is 0.410 e. The highest BCUT2D eigenvalue weighted by atomic mass is 32.2. The number of aromatic nitrogens is 2. The van der Waals surface area contributed by atoms with Crippen LogP contribution in [0.5, 0.6) is 0 Å². The first-order valence-corrected chi connectivity index (χ1v) is 10.9. The fourth-order valence-corrected chi connectivity index (χ4v) is 4.73. The molecule has 0 bridgehead atoms. The first kappa shape index (κ1) is 22.6. The van der Waals surface area contributed by atoms with Gasteiger partial charge in [-0.05, 0) is 19.8 Å². The number of carbonyl (C=O) groups is 3. The Labute approximate surface area is 185 Å². The summed E-state index contributed by atoms with van der Waals surface area (Å²) in [6.07, 6.45) is 4.03. The van der Waals surface area contributed by atoms with Crippen molar-refractivity contribution in [2.24, 2.45) is 5.73 Å². The van der Waals surface area contributed by atoms with Gasteiger partial charge in [-0.3, -0.25) is 9.59 Å². The molecule has 2 N–H and O–H groups in total. The Morgan fingerprint density at radius 3 is 2.71 bits per heavy atom. The largest absolute Gasteiger partial charge is 0.445 e. The fourth-order valence-electron chi connectivity index (χ4n) is 3.60. The summed E-state index contributed by atoms with van der Waals surface area (Å²) >= 11 is 1.25. The first-order chi connectivity index (χ1) is 14.9. The van der Waals surface area contributed by atoms with Crippen LogP contribution in [0.2, 0.25) is 0 Å². The highest BCUT2D eigenvalue weighted by Crippen LogP contribution is 2.32. The molecule has 31 heavy (non-hydrogen) atoms. The zero-order chi connectivity index (χ0) is 22.4. The van der Waals surface area contributed by atoms with E-state index in [1.807, 2.05) is 22.8 Å². The molecule has 1 fully saturated rings. The second-order valence-electron chi connectivity index (χ2n) is 7.32. The SMILES string of the molecule is C=CCOC(=O)N1C[C@@H](SC(=O)c2ccccc2)C[C@H]1CCn1cc(C(N)=O)nc1C. The third kappa shape index (κ3) is 5.75. The number of imidazole rings is 1. The van der Waals surface area contributed by atoms with Gasteiger partial charge in [-0.25, -0.2) is 9.78 Å². The standard InChI is InChI=1S/C22H26N4O4S/c1-3-11-30-22(29)26-13-18(31-21(28)16-7-5-4-6-8-16)12-17(26)9-10-25-14-19(20(23)27)24-15(25)2/h3-8,14,17-18H,1,9-13H2,2H3,(H2,23,27)/t17-,18+/m1/s1. The average molecular weight is 443 g/mol. The number of nitrogens with zero attached hydrogens (tertiary/aromatic N) is 3. The number of nitrogens with two attached hydrogens (primary N) is 1. The van der Waals surface area contributed by atoms with Crippen molar-refractivity contribution in [1.82, 2.24) is 14.5 Å². The molecule has 0 spiro atoms. The van der Waals surface area contributed by atoms with E-state index in [1.165, 1.54) is 17.8 Å². The number of primary amides is 1. The molecule has 2 aromatic rings. The van der Waals surface area contributed by atoms with Gasteiger partial charge in [-0.15, -0.1) is 0 Å². The molecule has 1 aliphatic rings. The molecule has 3 rings (SSSR count). The number of likely N-dealkylation sites (tertiary alicyclic amines) is 1. The number of amides is 2. The Kier molecular flexibility index (Phi) is 7.51. The van der Waals surface area contributed by atoms with Crippen LogP contribution in [0, 0.1) is 6.92 Å². The van der Waals surface area contributed by atoms with Gasteiger partial charge in [0, 0.05) is 36.1 Å². The Balaban J connectivity index is 1.68. The zero-order valence-electron chi connectivity index (χ0n) is 17.4. The predicted octanol–water partition coefficient (Wildman–Crippen LogP) is 3.02. The van der Waals surface area contributed by atoms with E-state index >= 15 is 0 Å². The Morgan fingerprint density at radius 2 is 2.06 bits per heavy atom. The van der Waals surface area contributed by atoms with Crippen LogP contribution in [-0.4, -0.2) is 56.0 Å². The molecule has 2 atom stereocenters. The van der Waals surface area contributed by atoms with Gasteiger partial charge in [0.15, 0.2) is 0 Å². The zero-order valence-corrected chi connectivity index (χ0v) is 18.2. The lowest BCUT2D eigenvalue weighted by atomic mass is 10.1. The fraction of sp³-hybridized carbons (Fsp3) is 0.364. The molecule has 0 radical (unpaired) electrons. The van der Waals surface area contributed by atoms with Crippen LogP contribution in [0.25, 0.3) is 0 Å². The average Bonchev–Trinajstić information content (AvgIpc) is 3.34. The molecule has 2 heterocycles. The molecule has 164 valence electrons. The summed E-state index contributed by atoms with van der Waals surface area (Å²) in [7, 11) is 0. The summed E-state index contributed by atoms with van der Waals surface area (Å²) in [6, 6.07) is 9.01. The van der Waals surface area contributed by atoms with Crippen molar-refractivity contribution in [2.75, 3.05) is 13.2 Å². The van der Waals surface area contributed by atoms with E-state index in [0.29, 0.717) is 37.3 Å². The Bertz CT molecular complexity index is 960. The van der Waals surface area contributed by atoms with Crippen molar-refractivity contribution >= 4 is 28.9 Å². The van der Waals surface area contributed by atoms with Crippen LogP contribution in [0.15, 0.2) is 49.2 Å². The van der Waals surface area contributed by atoms with Gasteiger partial charge in [-0.1, -0.05) is 54.7 Å². The Hall–Kier alpha value is -3.07. The summed E-state index contributed by atoms with van der Waals surface area (Å²) in [5, 5.41) is -0.0405. The number of carbonyl (C=O) groups excluding carboxylic acids is 3. The van der Waals surface area contributed by atoms with Crippen molar-refractivity contribution in [3.63, 3.8) is 0 Å². The molecule has 0 saturated carbocycles. The number of benzene rings is 1. The molecule has 9 heteroatoms. The monoisotopic (exact) mass is 442 g/mol. The van der Waals surface area contributed by atoms with Crippen molar-refractivity contribution in [1.29, 1.82) is 0 Å². The third-order valence-corrected chi connectivity index (χ3v) is 6.27. The van der Waals surface area contributed by atoms with E-state index in [-0.39, 0.29) is 28.7 Å². The molecule has 1 aromatic heterocycles. The molecule has 8 nitrogen and oxygen atoms in total. The molecule has 0 unspecified atom stereocenters. The van der Waals surface area contributed by atoms with E-state index < -0.39 is 12.0 Å². The summed E-state index contributed by atoms with van der Waals surface area (Å²) in [6.45, 7) is 6.50. The molecule has 1 aliphatic heterocycles. The quantitative estimate of drug-likeness (QED) is 0.630. The lowest BCUT2D eigenvalue weighted by Gasteiger charge is -2.24. The molecular weight excluding hydrogens is 416 g/mol. The van der Waals surface area contributed by atoms with Crippen LogP contribution >= 0.6 is 11.8 Å². The normalized spacial score (nSPS) is 18.0. The lowest BCUT2D eigenvalue weighted by molar-refractivity contribution is 0.0994. The van der Waals surface area contributed by atoms with Gasteiger partial charge >= 0.3 is 6.09 Å². The third-order valence-electron chi connectivity index (χ3n) is 5.15. The van der Waals surface area contributed by atoms with Crippen LogP contribution in [0.3, 0.4) is 0 Å². The minimum Gasteiger partial charge on any atom is -0.445 e. The minimum atomic E-state index is -0.576. The van der Waals surface area contributed by atoms with Gasteiger partial charge in [-0.2, -0.15) is 0 Å². The molecule has 1 aromatic carbocycles. The topological polar surface area (TPSA) is 108 Å². The van der Waals surface area contributed by atoms with Crippen LogP contribution < -0.4 is 5.73 Å². The van der Waals surface area contributed by atoms with E-state index in [0.717, 1.165) is 0 Å². The lowest BCUT2D eigenvalue weighted by Crippen LogP contribution is -2.37. The predicted molar refractivity (Wildman–Crippen MR) is 119 cm³/mol. The number of ether oxygens (including phenoxy) is 1. The summed E-state index contributed by atoms with van der Waals surface area (Å²) in [4.78, 5) is 42.4. The molecular formula is C22H26N4O4S. The maximum atomic E-state index is 12.6. The van der Waals surface area contributed by atoms with Gasteiger partial charge in [0.1, 0.15) is 18.1 Å². The van der Waals surface area contributed by atoms with Crippen molar-refractivity contribution < 1.29 is 19.1 Å². The van der Waals surface area contributed by atoms with Gasteiger partial charge in [0.25, 0.3) is 5.91 Å². The van der Waals surface area contributed by atoms with Crippen molar-refractivity contribution in [3.05, 3.63) is 66.3 Å². The van der Waals surface area contributed by atoms with Gasteiger partial charge in [0.05, 0.1) is 0 Å². The highest BCUT2D eigenvalue weighted by Gasteiger charge is 2.37. The number of thioether (sulfide) groups is 1. The highest BCUT2D eigenvalue weighted by molar-refractivity contribution is 8.14. The number of rotatable bonds is 8. The minimum absolute atomic E-state index is 0.0118. The first-order valence-electron chi connectivity index (χ1n) is 10.0. The van der Waals surface area contributed by atoms with Gasteiger partial charge < -0.3 is 19.9 Å². The second-order valence-corrected chi connectivity index (χ2v) is 8.59. The maximum Gasteiger partial charge on any atom is 0.410 e. The maximum absolute atomic E-state index is 12.6. The molecule has 1 saturated heterocycles. The van der Waals surface area contributed by atoms with Gasteiger partial charge in [0.2, 0.25) is 5.12 Å². The van der Waals surface area contributed by atoms with Crippen molar-refractivity contribution in [3.8, 4) is 0 Å². The molecule has 2 amide bonds. The Morgan fingerprint density at radius 1 is 1.32 bits per heavy atom.